The molecule has 0 aromatic rings. The normalized spacial score (nSPS) is 20.9. The van der Waals surface area contributed by atoms with Gasteiger partial charge in [0.05, 0.1) is 0 Å². The summed E-state index contributed by atoms with van der Waals surface area (Å²) in [6.45, 7) is 0. The summed E-state index contributed by atoms with van der Waals surface area (Å²) >= 11 is 0. The van der Waals surface area contributed by atoms with Crippen LogP contribution in [0.15, 0.2) is 22.4 Å². The third-order valence-electron chi connectivity index (χ3n) is 1.84. The van der Waals surface area contributed by atoms with E-state index in [-0.39, 0.29) is 11.4 Å². The van der Waals surface area contributed by atoms with Crippen LogP contribution in [0.2, 0.25) is 0 Å². The molecule has 0 atom stereocenters. The van der Waals surface area contributed by atoms with E-state index in [9.17, 15) is 18.0 Å². The first kappa shape index (κ1) is 8.91. The number of hydrogen-bond donors (Lipinski definition) is 1. The van der Waals surface area contributed by atoms with Crippen LogP contribution in [0.1, 0.15) is 0 Å². The summed E-state index contributed by atoms with van der Waals surface area (Å²) in [6, 6.07) is 0. The van der Waals surface area contributed by atoms with Crippen molar-refractivity contribution in [3.63, 3.8) is 0 Å². The summed E-state index contributed by atoms with van der Waals surface area (Å²) in [7, 11) is -4.22. The lowest BCUT2D eigenvalue weighted by Crippen LogP contribution is -2.23. The van der Waals surface area contributed by atoms with Gasteiger partial charge in [-0.25, -0.2) is 18.3 Å². The molecule has 0 unspecified atom stereocenters. The lowest BCUT2D eigenvalue weighted by molar-refractivity contribution is -0.341. The predicted octanol–water partition coefficient (Wildman–Crippen LogP) is -1.43. The maximum atomic E-state index is 11.2. The van der Waals surface area contributed by atoms with Crippen LogP contribution in [-0.2, 0) is 19.6 Å². The van der Waals surface area contributed by atoms with Crippen molar-refractivity contribution < 1.29 is 22.7 Å². The molecular weight excluding hydrogens is 210 g/mol. The summed E-state index contributed by atoms with van der Waals surface area (Å²) < 4.78 is 22.0. The first-order valence-corrected chi connectivity index (χ1v) is 4.95. The number of carbonyl (C=O) groups is 2. The molecule has 0 radical (unpaired) electrons. The Bertz CT molecular complexity index is 566. The van der Waals surface area contributed by atoms with E-state index < -0.39 is 26.5 Å². The molecule has 72 valence electrons. The first-order chi connectivity index (χ1) is 6.34. The smallest absolute Gasteiger partial charge is 0.325 e. The Balaban J connectivity index is 2.56. The minimum absolute atomic E-state index is 0.192. The zero-order valence-electron chi connectivity index (χ0n) is 6.59. The largest absolute Gasteiger partial charge is 0.493 e. The van der Waals surface area contributed by atoms with Gasteiger partial charge in [0, 0.05) is 6.08 Å². The zero-order chi connectivity index (χ0) is 10.7. The lowest BCUT2D eigenvalue weighted by Gasteiger charge is -1.97. The zero-order valence-corrected chi connectivity index (χ0v) is 7.41. The fraction of sp³-hybridized carbons (Fsp3) is 0. The summed E-state index contributed by atoms with van der Waals surface area (Å²) in [4.78, 5) is 21.5. The Morgan fingerprint density at radius 2 is 1.86 bits per heavy atom. The van der Waals surface area contributed by atoms with E-state index in [2.05, 4.69) is 0 Å². The van der Waals surface area contributed by atoms with Crippen molar-refractivity contribution in [1.29, 1.82) is 0 Å². The maximum Gasteiger partial charge on any atom is 0.325 e. The van der Waals surface area contributed by atoms with Gasteiger partial charge in [0.25, 0.3) is 11.6 Å². The highest BCUT2D eigenvalue weighted by atomic mass is 32.2. The van der Waals surface area contributed by atoms with Crippen LogP contribution in [0.4, 0.5) is 0 Å². The van der Waals surface area contributed by atoms with Crippen LogP contribution >= 0.6 is 0 Å². The second kappa shape index (κ2) is 2.22. The Morgan fingerprint density at radius 3 is 2.36 bits per heavy atom. The number of rotatable bonds is 1. The van der Waals surface area contributed by atoms with Gasteiger partial charge in [-0.3, -0.25) is 9.59 Å². The predicted molar refractivity (Wildman–Crippen MR) is 41.8 cm³/mol. The van der Waals surface area contributed by atoms with Gasteiger partial charge in [0.15, 0.2) is 0 Å². The van der Waals surface area contributed by atoms with Gasteiger partial charge in [0.1, 0.15) is 4.91 Å². The highest BCUT2D eigenvalue weighted by molar-refractivity contribution is 7.94. The summed E-state index contributed by atoms with van der Waals surface area (Å²) in [6.07, 6.45) is 0.604. The summed E-state index contributed by atoms with van der Waals surface area (Å²) in [5, 5.41) is 4.70. The second-order valence-corrected chi connectivity index (χ2v) is 4.29. The van der Waals surface area contributed by atoms with E-state index in [0.29, 0.717) is 10.8 Å². The van der Waals surface area contributed by atoms with Gasteiger partial charge >= 0.3 is 11.4 Å². The van der Waals surface area contributed by atoms with Crippen molar-refractivity contribution in [2.24, 2.45) is 5.14 Å². The number of hydrogen-bond acceptors (Lipinski definition) is 4. The second-order valence-electron chi connectivity index (χ2n) is 2.76. The topological polar surface area (TPSA) is 120 Å². The number of allylic oxidation sites excluding steroid dienone is 2. The highest BCUT2D eigenvalue weighted by Gasteiger charge is 2.54. The Labute approximate surface area is 78.0 Å². The third-order valence-corrected chi connectivity index (χ3v) is 2.76. The number of Topliss-reactive ketones (excluding diaryl/α,β-unsaturated/α-hetero) is 1. The standard InChI is InChI=1S/C6H3N3O4S/c7-9-4-2(10)1-3(14(8,12)13)6(11)5(4)9/h1H,(H2,8,12,13). The molecule has 0 spiro atoms. The summed E-state index contributed by atoms with van der Waals surface area (Å²) in [5.41, 5.74) is 8.39. The van der Waals surface area contributed by atoms with Crippen LogP contribution in [0.25, 0.3) is 5.53 Å². The molecular formula is C6H3N3O4S. The van der Waals surface area contributed by atoms with Crippen molar-refractivity contribution >= 4 is 21.6 Å². The van der Waals surface area contributed by atoms with Gasteiger partial charge in [-0.05, 0) is 0 Å². The van der Waals surface area contributed by atoms with Gasteiger partial charge in [-0.2, -0.15) is 0 Å². The van der Waals surface area contributed by atoms with Crippen LogP contribution in [0, 0.1) is 0 Å². The number of ketones is 2. The van der Waals surface area contributed by atoms with Crippen molar-refractivity contribution in [1.82, 2.24) is 0 Å². The Kier molecular flexibility index (Phi) is 1.41. The SMILES string of the molecule is [N-]=[N+]1C2=C1C(=O)C(S(N)(=O)=O)=CC2=O. The Morgan fingerprint density at radius 1 is 1.29 bits per heavy atom. The minimum Gasteiger partial charge on any atom is -0.493 e. The number of carbonyl (C=O) groups excluding carboxylic acids is 2. The number of primary sulfonamides is 1. The van der Waals surface area contributed by atoms with Crippen molar-refractivity contribution in [2.45, 2.75) is 0 Å². The van der Waals surface area contributed by atoms with Gasteiger partial charge in [-0.15, -0.1) is 0 Å². The molecule has 0 aromatic carbocycles. The van der Waals surface area contributed by atoms with Crippen LogP contribution in [0.3, 0.4) is 0 Å². The third kappa shape index (κ3) is 0.978. The average Bonchev–Trinajstić information content (AvgIpc) is 2.69. The first-order valence-electron chi connectivity index (χ1n) is 3.41. The van der Waals surface area contributed by atoms with E-state index in [4.69, 9.17) is 10.7 Å². The summed E-state index contributed by atoms with van der Waals surface area (Å²) in [5.74, 6) is -1.70. The molecule has 14 heavy (non-hydrogen) atoms. The fourth-order valence-electron chi connectivity index (χ4n) is 1.16. The molecule has 0 aromatic heterocycles. The Hall–Kier alpha value is -1.67. The molecule has 7 nitrogen and oxygen atoms in total. The minimum atomic E-state index is -4.22. The molecule has 1 aliphatic carbocycles. The molecule has 0 saturated heterocycles. The molecule has 1 heterocycles. The number of nitrogens with two attached hydrogens (primary N) is 1. The van der Waals surface area contributed by atoms with E-state index >= 15 is 0 Å². The molecule has 0 bridgehead atoms. The average molecular weight is 213 g/mol. The lowest BCUT2D eigenvalue weighted by atomic mass is 10.2. The van der Waals surface area contributed by atoms with Gasteiger partial charge < -0.3 is 5.53 Å². The number of sulfonamides is 1. The van der Waals surface area contributed by atoms with Gasteiger partial charge in [0.2, 0.25) is 10.0 Å². The molecule has 8 heteroatoms. The molecule has 1 aliphatic heterocycles. The maximum absolute atomic E-state index is 11.2. The van der Waals surface area contributed by atoms with Crippen molar-refractivity contribution in [3.05, 3.63) is 27.9 Å². The van der Waals surface area contributed by atoms with E-state index in [1.807, 2.05) is 0 Å². The fourth-order valence-corrected chi connectivity index (χ4v) is 1.79. The van der Waals surface area contributed by atoms with E-state index in [0.717, 1.165) is 0 Å². The van der Waals surface area contributed by atoms with Crippen LogP contribution < -0.4 is 5.14 Å². The van der Waals surface area contributed by atoms with E-state index in [1.54, 1.807) is 0 Å². The number of nitrogens with zero attached hydrogens (tertiary/aromatic N) is 2. The van der Waals surface area contributed by atoms with Crippen molar-refractivity contribution in [3.8, 4) is 0 Å². The molecule has 2 rings (SSSR count). The molecule has 2 N–H and O–H groups in total. The quantitative estimate of drug-likeness (QED) is 0.424. The highest BCUT2D eigenvalue weighted by Crippen LogP contribution is 2.34. The van der Waals surface area contributed by atoms with Gasteiger partial charge in [-0.1, -0.05) is 0 Å². The molecule has 2 aliphatic rings. The van der Waals surface area contributed by atoms with Crippen molar-refractivity contribution in [2.75, 3.05) is 0 Å². The molecule has 0 saturated carbocycles. The monoisotopic (exact) mass is 213 g/mol. The van der Waals surface area contributed by atoms with Crippen LogP contribution in [-0.4, -0.2) is 24.7 Å². The van der Waals surface area contributed by atoms with Crippen LogP contribution in [0.5, 0.6) is 0 Å². The molecule has 0 fully saturated rings. The van der Waals surface area contributed by atoms with E-state index in [1.165, 1.54) is 0 Å². The molecule has 0 amide bonds.